The Balaban J connectivity index is 2.04. The van der Waals surface area contributed by atoms with Gasteiger partial charge in [0.25, 0.3) is 8.32 Å². The summed E-state index contributed by atoms with van der Waals surface area (Å²) < 4.78 is 17.8. The van der Waals surface area contributed by atoms with E-state index in [0.29, 0.717) is 6.42 Å². The van der Waals surface area contributed by atoms with Gasteiger partial charge in [0.1, 0.15) is 11.6 Å². The van der Waals surface area contributed by atoms with Gasteiger partial charge in [-0.3, -0.25) is 4.90 Å². The number of nitrogens with zero attached hydrogens (tertiary/aromatic N) is 1. The van der Waals surface area contributed by atoms with Crippen molar-refractivity contribution in [2.45, 2.75) is 70.7 Å². The van der Waals surface area contributed by atoms with E-state index < -0.39 is 32.0 Å². The Kier molecular flexibility index (Phi) is 7.58. The Bertz CT molecular complexity index is 942. The van der Waals surface area contributed by atoms with Crippen molar-refractivity contribution >= 4 is 30.8 Å². The number of hydrogen-bond acceptors (Lipinski definition) is 5. The predicted octanol–water partition coefficient (Wildman–Crippen LogP) is 4.11. The number of hydrogen-bond donors (Lipinski definition) is 0. The summed E-state index contributed by atoms with van der Waals surface area (Å²) in [7, 11) is -1.49. The van der Waals surface area contributed by atoms with Gasteiger partial charge in [0.15, 0.2) is 0 Å². The molecule has 1 saturated heterocycles. The lowest BCUT2D eigenvalue weighted by atomic mass is 10.2. The van der Waals surface area contributed by atoms with Crippen molar-refractivity contribution in [2.75, 3.05) is 13.7 Å². The van der Waals surface area contributed by atoms with Crippen LogP contribution in [-0.2, 0) is 18.7 Å². The molecule has 184 valence electrons. The Morgan fingerprint density at radius 2 is 1.38 bits per heavy atom. The minimum atomic E-state index is -2.83. The van der Waals surface area contributed by atoms with Gasteiger partial charge in [-0.15, -0.1) is 0 Å². The van der Waals surface area contributed by atoms with E-state index in [2.05, 4.69) is 45.0 Å². The number of methoxy groups -OCH3 is 1. The highest BCUT2D eigenvalue weighted by molar-refractivity contribution is 6.99. The quantitative estimate of drug-likeness (QED) is 0.473. The number of rotatable bonds is 5. The monoisotopic (exact) mass is 483 g/mol. The van der Waals surface area contributed by atoms with Crippen LogP contribution in [-0.4, -0.2) is 56.7 Å². The fraction of sp³-hybridized carbons (Fsp3) is 0.481. The van der Waals surface area contributed by atoms with Crippen LogP contribution in [0.1, 0.15) is 48.0 Å². The minimum absolute atomic E-state index is 0.212. The van der Waals surface area contributed by atoms with Crippen LogP contribution >= 0.6 is 0 Å². The van der Waals surface area contributed by atoms with Crippen LogP contribution < -0.4 is 10.4 Å². The molecule has 0 saturated carbocycles. The summed E-state index contributed by atoms with van der Waals surface area (Å²) in [5, 5.41) is 2.09. The number of likely N-dealkylation sites (tertiary alicyclic amines) is 1. The van der Waals surface area contributed by atoms with Crippen LogP contribution in [0, 0.1) is 0 Å². The first kappa shape index (κ1) is 26.0. The third kappa shape index (κ3) is 5.36. The van der Waals surface area contributed by atoms with Gasteiger partial charge >= 0.3 is 12.1 Å². The van der Waals surface area contributed by atoms with Gasteiger partial charge in [-0.1, -0.05) is 81.4 Å². The summed E-state index contributed by atoms with van der Waals surface area (Å²) in [5.74, 6) is -0.459. The van der Waals surface area contributed by atoms with Crippen LogP contribution in [0.4, 0.5) is 4.79 Å². The van der Waals surface area contributed by atoms with Crippen LogP contribution in [0.3, 0.4) is 0 Å². The van der Waals surface area contributed by atoms with Crippen molar-refractivity contribution in [1.29, 1.82) is 0 Å². The first-order valence-corrected chi connectivity index (χ1v) is 13.7. The maximum absolute atomic E-state index is 13.0. The van der Waals surface area contributed by atoms with E-state index in [1.165, 1.54) is 12.0 Å². The summed E-state index contributed by atoms with van der Waals surface area (Å²) in [6.45, 7) is 12.3. The van der Waals surface area contributed by atoms with Gasteiger partial charge in [0.2, 0.25) is 0 Å². The van der Waals surface area contributed by atoms with E-state index in [4.69, 9.17) is 13.9 Å². The third-order valence-corrected chi connectivity index (χ3v) is 11.2. The predicted molar refractivity (Wildman–Crippen MR) is 136 cm³/mol. The summed E-state index contributed by atoms with van der Waals surface area (Å²) in [5.41, 5.74) is -0.672. The molecule has 3 rings (SSSR count). The number of ether oxygens (including phenoxy) is 2. The molecule has 0 radical (unpaired) electrons. The molecule has 1 fully saturated rings. The molecule has 34 heavy (non-hydrogen) atoms. The highest BCUT2D eigenvalue weighted by Crippen LogP contribution is 2.39. The Labute approximate surface area is 204 Å². The zero-order valence-corrected chi connectivity index (χ0v) is 22.3. The Morgan fingerprint density at radius 3 is 1.79 bits per heavy atom. The summed E-state index contributed by atoms with van der Waals surface area (Å²) in [6.07, 6.45) is -0.518. The van der Waals surface area contributed by atoms with E-state index in [1.807, 2.05) is 57.2 Å². The van der Waals surface area contributed by atoms with Gasteiger partial charge in [0, 0.05) is 13.0 Å². The minimum Gasteiger partial charge on any atom is -0.467 e. The fourth-order valence-electron chi connectivity index (χ4n) is 4.71. The van der Waals surface area contributed by atoms with E-state index in [1.54, 1.807) is 0 Å². The largest absolute Gasteiger partial charge is 0.467 e. The average Bonchev–Trinajstić information content (AvgIpc) is 3.20. The van der Waals surface area contributed by atoms with Crippen LogP contribution in [0.25, 0.3) is 0 Å². The molecule has 1 aliphatic heterocycles. The van der Waals surface area contributed by atoms with Crippen molar-refractivity contribution in [2.24, 2.45) is 0 Å². The fourth-order valence-corrected chi connectivity index (χ4v) is 9.39. The number of carbonyl (C=O) groups excluding carboxylic acids is 2. The molecule has 2 atom stereocenters. The highest BCUT2D eigenvalue weighted by atomic mass is 28.4. The zero-order chi connectivity index (χ0) is 25.1. The topological polar surface area (TPSA) is 65.1 Å². The molecule has 0 spiro atoms. The molecule has 1 aliphatic rings. The van der Waals surface area contributed by atoms with Crippen LogP contribution in [0.2, 0.25) is 5.04 Å². The number of amides is 1. The molecule has 0 unspecified atom stereocenters. The molecular formula is C27H37NO5Si. The van der Waals surface area contributed by atoms with Gasteiger partial charge in [-0.05, 0) is 36.2 Å². The van der Waals surface area contributed by atoms with Crippen molar-refractivity contribution in [3.05, 3.63) is 60.7 Å². The average molecular weight is 484 g/mol. The van der Waals surface area contributed by atoms with Crippen molar-refractivity contribution in [3.8, 4) is 0 Å². The second kappa shape index (κ2) is 9.92. The smallest absolute Gasteiger partial charge is 0.411 e. The molecular weight excluding hydrogens is 446 g/mol. The van der Waals surface area contributed by atoms with E-state index in [9.17, 15) is 9.59 Å². The van der Waals surface area contributed by atoms with Crippen molar-refractivity contribution in [3.63, 3.8) is 0 Å². The van der Waals surface area contributed by atoms with Crippen LogP contribution in [0.5, 0.6) is 0 Å². The van der Waals surface area contributed by atoms with Crippen molar-refractivity contribution in [1.82, 2.24) is 4.90 Å². The molecule has 0 aliphatic carbocycles. The molecule has 1 amide bonds. The number of benzene rings is 2. The lowest BCUT2D eigenvalue weighted by Gasteiger charge is -2.44. The van der Waals surface area contributed by atoms with Crippen molar-refractivity contribution < 1.29 is 23.5 Å². The Morgan fingerprint density at radius 1 is 0.882 bits per heavy atom. The molecule has 6 nitrogen and oxygen atoms in total. The summed E-state index contributed by atoms with van der Waals surface area (Å²) >= 11 is 0. The molecule has 1 heterocycles. The van der Waals surface area contributed by atoms with Gasteiger partial charge < -0.3 is 13.9 Å². The Hall–Kier alpha value is -2.64. The third-order valence-electron chi connectivity index (χ3n) is 6.12. The van der Waals surface area contributed by atoms with E-state index >= 15 is 0 Å². The normalized spacial score (nSPS) is 19.1. The summed E-state index contributed by atoms with van der Waals surface area (Å²) in [6, 6.07) is 19.9. The molecule has 0 aromatic heterocycles. The van der Waals surface area contributed by atoms with Crippen LogP contribution in [0.15, 0.2) is 60.7 Å². The maximum atomic E-state index is 13.0. The molecule has 0 N–H and O–H groups in total. The SMILES string of the molecule is COC(=O)[C@@H]1C[C@@H](O[Si](c2ccccc2)(c2ccccc2)C(C)(C)C)CN1C(=O)OC(C)(C)C. The number of esters is 1. The first-order chi connectivity index (χ1) is 15.9. The van der Waals surface area contributed by atoms with Gasteiger partial charge in [-0.2, -0.15) is 0 Å². The first-order valence-electron chi connectivity index (χ1n) is 11.8. The molecule has 2 aromatic rings. The second-order valence-electron chi connectivity index (χ2n) is 10.8. The van der Waals surface area contributed by atoms with Gasteiger partial charge in [0.05, 0.1) is 13.2 Å². The standard InChI is InChI=1S/C27H37NO5Si/c1-26(2,3)32-25(30)28-19-20(18-23(28)24(29)31-7)33-34(27(4,5)6,21-14-10-8-11-15-21)22-16-12-9-13-17-22/h8-17,20,23H,18-19H2,1-7H3/t20-,23+/m1/s1. The lowest BCUT2D eigenvalue weighted by Crippen LogP contribution is -2.67. The zero-order valence-electron chi connectivity index (χ0n) is 21.3. The molecule has 7 heteroatoms. The number of carbonyl (C=O) groups is 2. The molecule has 2 aromatic carbocycles. The second-order valence-corrected chi connectivity index (χ2v) is 15.1. The van der Waals surface area contributed by atoms with E-state index in [-0.39, 0.29) is 17.7 Å². The highest BCUT2D eigenvalue weighted by Gasteiger charge is 2.54. The summed E-state index contributed by atoms with van der Waals surface area (Å²) in [4.78, 5) is 27.1. The maximum Gasteiger partial charge on any atom is 0.411 e. The van der Waals surface area contributed by atoms with E-state index in [0.717, 1.165) is 10.4 Å². The van der Waals surface area contributed by atoms with Gasteiger partial charge in [-0.25, -0.2) is 9.59 Å². The lowest BCUT2D eigenvalue weighted by molar-refractivity contribution is -0.145. The molecule has 0 bridgehead atoms.